The zero-order valence-corrected chi connectivity index (χ0v) is 70.9. The van der Waals surface area contributed by atoms with Gasteiger partial charge in [0.05, 0.1) is 0 Å². The van der Waals surface area contributed by atoms with Gasteiger partial charge in [0.1, 0.15) is 27.4 Å². The molecule has 0 saturated heterocycles. The highest BCUT2D eigenvalue weighted by Crippen LogP contribution is 2.42. The number of hydrogen-bond donors (Lipinski definition) is 4. The van der Waals surface area contributed by atoms with E-state index in [0.29, 0.717) is 106 Å². The number of benzene rings is 3. The Morgan fingerprint density at radius 2 is 0.855 bits per heavy atom. The molecule has 0 bridgehead atoms. The lowest BCUT2D eigenvalue weighted by molar-refractivity contribution is 0.0214. The second kappa shape index (κ2) is 34.7. The third-order valence-electron chi connectivity index (χ3n) is 20.8. The quantitative estimate of drug-likeness (QED) is 0.0446. The van der Waals surface area contributed by atoms with Crippen LogP contribution in [-0.4, -0.2) is 132 Å². The van der Waals surface area contributed by atoms with Gasteiger partial charge >= 0.3 is 12.2 Å². The van der Waals surface area contributed by atoms with E-state index < -0.39 is 11.2 Å². The Morgan fingerprint density at radius 1 is 0.479 bits per heavy atom. The number of pyridine rings is 3. The van der Waals surface area contributed by atoms with E-state index in [1.165, 1.54) is 54.1 Å². The lowest BCUT2D eigenvalue weighted by Crippen LogP contribution is -2.39. The second-order valence-electron chi connectivity index (χ2n) is 33.2. The number of nitrogens with two attached hydrogens (primary N) is 1. The van der Waals surface area contributed by atoms with Crippen LogP contribution in [0.5, 0.6) is 0 Å². The van der Waals surface area contributed by atoms with Gasteiger partial charge < -0.3 is 41.0 Å². The number of amides is 2. The van der Waals surface area contributed by atoms with Crippen LogP contribution >= 0.6 is 36.6 Å². The first-order valence-corrected chi connectivity index (χ1v) is 41.1. The molecule has 2 amide bonds. The van der Waals surface area contributed by atoms with E-state index >= 15 is 0 Å². The molecule has 9 aromatic heterocycles. The Kier molecular flexibility index (Phi) is 24.9. The van der Waals surface area contributed by atoms with Gasteiger partial charge in [0.15, 0.2) is 39.6 Å². The van der Waals surface area contributed by atoms with Gasteiger partial charge in [-0.15, -0.1) is 24.8 Å². The zero-order valence-electron chi connectivity index (χ0n) is 68.5. The normalized spacial score (nSPS) is 15.0. The zero-order chi connectivity index (χ0) is 80.9. The van der Waals surface area contributed by atoms with Gasteiger partial charge in [-0.25, -0.2) is 72.6 Å². The maximum atomic E-state index is 13.4. The summed E-state index contributed by atoms with van der Waals surface area (Å²) in [5.74, 6) is 4.57. The Morgan fingerprint density at radius 3 is 1.25 bits per heavy atom. The summed E-state index contributed by atoms with van der Waals surface area (Å²) in [4.78, 5) is 109. The largest absolute Gasteiger partial charge is 0.444 e. The smallest absolute Gasteiger partial charge is 0.410 e. The number of nitrogens with one attached hydrogen (secondary N) is 3. The predicted octanol–water partition coefficient (Wildman–Crippen LogP) is 15.9. The van der Waals surface area contributed by atoms with Crippen LogP contribution in [0.3, 0.4) is 0 Å². The van der Waals surface area contributed by atoms with Crippen LogP contribution in [0.1, 0.15) is 208 Å². The molecule has 614 valence electrons. The minimum atomic E-state index is -0.524. The van der Waals surface area contributed by atoms with Crippen molar-refractivity contribution in [3.8, 4) is 17.5 Å². The van der Waals surface area contributed by atoms with Gasteiger partial charge in [-0.05, 0) is 260 Å². The van der Waals surface area contributed by atoms with Crippen LogP contribution in [0.2, 0.25) is 0 Å². The van der Waals surface area contributed by atoms with Crippen molar-refractivity contribution >= 4 is 111 Å². The lowest BCUT2D eigenvalue weighted by atomic mass is 9.99. The van der Waals surface area contributed by atoms with E-state index in [9.17, 15) is 24.0 Å². The first-order chi connectivity index (χ1) is 55.1. The van der Waals surface area contributed by atoms with Crippen molar-refractivity contribution in [2.24, 2.45) is 0 Å². The third-order valence-corrected chi connectivity index (χ3v) is 21.3. The summed E-state index contributed by atoms with van der Waals surface area (Å²) >= 11 is 1.46. The molecule has 0 unspecified atom stereocenters. The number of rotatable bonds is 14. The number of fused-ring (bicyclic) bond motifs is 6. The Balaban J connectivity index is 0.000000140. The average molecular weight is 1650 g/mol. The summed E-state index contributed by atoms with van der Waals surface area (Å²) in [6.07, 6.45) is 15.8. The Labute approximate surface area is 695 Å². The van der Waals surface area contributed by atoms with Gasteiger partial charge in [-0.2, -0.15) is 9.97 Å². The number of nitrogens with zero attached hydrogens (tertiary/aromatic N) is 17. The average Bonchev–Trinajstić information content (AvgIpc) is 1.61. The van der Waals surface area contributed by atoms with Gasteiger partial charge in [0.25, 0.3) is 16.7 Å². The fourth-order valence-corrected chi connectivity index (χ4v) is 15.1. The fourth-order valence-electron chi connectivity index (χ4n) is 14.7. The molecule has 31 heteroatoms. The summed E-state index contributed by atoms with van der Waals surface area (Å²) in [5, 5.41) is 12.2. The first kappa shape index (κ1) is 83.9. The Bertz CT molecular complexity index is 5880. The van der Waals surface area contributed by atoms with Crippen molar-refractivity contribution < 1.29 is 19.1 Å². The molecule has 28 nitrogen and oxygen atoms in total. The number of carbonyl (C=O) groups is 2. The summed E-state index contributed by atoms with van der Waals surface area (Å²) < 4.78 is 21.6. The highest BCUT2D eigenvalue weighted by Gasteiger charge is 2.33. The van der Waals surface area contributed by atoms with Crippen molar-refractivity contribution in [1.82, 2.24) is 88.1 Å². The van der Waals surface area contributed by atoms with E-state index in [2.05, 4.69) is 72.3 Å². The van der Waals surface area contributed by atoms with Crippen molar-refractivity contribution in [3.05, 3.63) is 209 Å². The molecule has 0 radical (unpaired) electrons. The second-order valence-corrected chi connectivity index (χ2v) is 34.0. The van der Waals surface area contributed by atoms with Crippen LogP contribution < -0.4 is 38.4 Å². The molecule has 0 atom stereocenters. The van der Waals surface area contributed by atoms with Gasteiger partial charge in [0.2, 0.25) is 11.9 Å². The number of carbonyl (C=O) groups excluding carboxylic acids is 2. The van der Waals surface area contributed by atoms with Crippen LogP contribution in [0.15, 0.2) is 147 Å². The Hall–Kier alpha value is -11.0. The molecule has 0 spiro atoms. The lowest BCUT2D eigenvalue weighted by Gasteiger charge is -2.31. The fraction of sp³-hybridized carbons (Fsp3) is 0.419. The van der Waals surface area contributed by atoms with Crippen molar-refractivity contribution in [1.29, 1.82) is 0 Å². The van der Waals surface area contributed by atoms with Crippen LogP contribution in [-0.2, 0) is 48.4 Å². The standard InChI is InChI=1S/C30H35N7O3.C25H27N7O.C17H19N5OS.C14H20N2O2.2ClH/c1-18(2)36-27(38)23-16-31-28(34-26(23)37(36)25-8-6-7-24(33-25)19-9-10-19)32-22-12-11-21-17-35(14-13-20(21)15-22)29(39)40-30(3,4)5;1-15(2)31-24(33)20-14-27-25(28-19-9-8-18-13-26-11-10-17(18)12-19)30-23(20)32(31)22-5-3-4-21(29-22)16-6-7-16;1-10(2)21-16(23)12-9-18-17(24-3)20-15(12)22(21)14-6-4-5-13(19-14)11-7-8-11;1-14(2,3)18-13(17)16-7-6-10-8-12(15)5-4-11(10)9-16;;/h6-8,11-12,15-16,18-19H,9-10,13-14,17H2,1-5H3,(H,31,32,34);3-5,8-9,12,14-16,26H,6-7,10-11,13H2,1-2H3,(H,27,28,30);4-6,9-11H,7-8H2,1-3H3;4-5,8H,6-7,9,15H2,1-3H3;2*1H. The summed E-state index contributed by atoms with van der Waals surface area (Å²) in [7, 11) is 0. The maximum absolute atomic E-state index is 13.4. The number of halogens is 2. The summed E-state index contributed by atoms with van der Waals surface area (Å²) in [6, 6.07) is 36.1. The molecule has 3 aliphatic heterocycles. The van der Waals surface area contributed by atoms with E-state index in [1.54, 1.807) is 42.4 Å². The highest BCUT2D eigenvalue weighted by molar-refractivity contribution is 7.98. The first-order valence-electron chi connectivity index (χ1n) is 39.9. The molecule has 6 aliphatic rings. The molecule has 12 heterocycles. The third kappa shape index (κ3) is 18.9. The van der Waals surface area contributed by atoms with Crippen LogP contribution in [0.25, 0.3) is 50.6 Å². The summed E-state index contributed by atoms with van der Waals surface area (Å²) in [6.45, 7) is 27.5. The number of anilines is 5. The number of thioether (sulfide) groups is 1. The molecule has 18 rings (SSSR count). The number of ether oxygens (including phenoxy) is 2. The SMILES string of the molecule is CC(C)(C)OC(=O)N1CCc2cc(N)ccc2C1.CC(C)n1c(=O)c2cnc(Nc3ccc4c(c3)CCN(C(=O)OC(C)(C)C)C4)nc2n1-c1cccc(C2CC2)n1.CC(C)n1c(=O)c2cnc(Nc3ccc4c(c3)CCNC4)nc2n1-c1cccc(C2CC2)n1.CSc1ncc2c(=O)n(C(C)C)n(-c3cccc(C4CC4)n3)c2n1.Cl.Cl. The van der Waals surface area contributed by atoms with E-state index in [4.69, 9.17) is 40.1 Å². The molecule has 3 aromatic carbocycles. The van der Waals surface area contributed by atoms with E-state index in [1.807, 2.05) is 176 Å². The summed E-state index contributed by atoms with van der Waals surface area (Å²) in [5.41, 5.74) is 19.2. The monoisotopic (exact) mass is 1640 g/mol. The molecule has 3 fully saturated rings. The molecule has 117 heavy (non-hydrogen) atoms. The molecular formula is C86H103Cl2N21O7S. The predicted molar refractivity (Wildman–Crippen MR) is 463 cm³/mol. The molecule has 3 aliphatic carbocycles. The number of aromatic nitrogens is 15. The van der Waals surface area contributed by atoms with Crippen LogP contribution in [0, 0.1) is 0 Å². The molecular weight excluding hydrogens is 1540 g/mol. The minimum absolute atomic E-state index is 0. The topological polar surface area (TPSA) is 318 Å². The minimum Gasteiger partial charge on any atom is -0.444 e. The maximum Gasteiger partial charge on any atom is 0.410 e. The van der Waals surface area contributed by atoms with Gasteiger partial charge in [-0.3, -0.25) is 14.4 Å². The van der Waals surface area contributed by atoms with Gasteiger partial charge in [0, 0.05) is 121 Å². The van der Waals surface area contributed by atoms with Crippen LogP contribution in [0.4, 0.5) is 38.5 Å². The number of hydrogen-bond acceptors (Lipinski definition) is 21. The molecule has 5 N–H and O–H groups in total. The molecule has 3 saturated carbocycles. The number of nitrogen functional groups attached to an aromatic ring is 1. The van der Waals surface area contributed by atoms with E-state index in [-0.39, 0.29) is 71.8 Å². The van der Waals surface area contributed by atoms with Crippen molar-refractivity contribution in [2.75, 3.05) is 42.3 Å². The molecule has 12 aromatic rings. The van der Waals surface area contributed by atoms with Crippen molar-refractivity contribution in [3.63, 3.8) is 0 Å². The van der Waals surface area contributed by atoms with E-state index in [0.717, 1.165) is 102 Å². The van der Waals surface area contributed by atoms with Crippen molar-refractivity contribution in [2.45, 2.75) is 213 Å². The highest BCUT2D eigenvalue weighted by atomic mass is 35.5. The van der Waals surface area contributed by atoms with Gasteiger partial charge in [-0.1, -0.05) is 48.2 Å².